The molecular formula is C14H24F2N2O2. The van der Waals surface area contributed by atoms with Crippen LogP contribution in [-0.2, 0) is 4.74 Å². The van der Waals surface area contributed by atoms with E-state index in [-0.39, 0.29) is 30.6 Å². The van der Waals surface area contributed by atoms with Gasteiger partial charge in [0.15, 0.2) is 0 Å². The van der Waals surface area contributed by atoms with Gasteiger partial charge in [-0.3, -0.25) is 0 Å². The van der Waals surface area contributed by atoms with Gasteiger partial charge in [-0.05, 0) is 40.0 Å². The number of hydrogen-bond acceptors (Lipinski definition) is 3. The van der Waals surface area contributed by atoms with Crippen LogP contribution in [0.4, 0.5) is 13.6 Å². The summed E-state index contributed by atoms with van der Waals surface area (Å²) in [5.74, 6) is 0. The fourth-order valence-electron chi connectivity index (χ4n) is 3.19. The largest absolute Gasteiger partial charge is 0.444 e. The van der Waals surface area contributed by atoms with E-state index in [4.69, 9.17) is 4.74 Å². The maximum Gasteiger partial charge on any atom is 0.410 e. The molecule has 4 nitrogen and oxygen atoms in total. The Hall–Kier alpha value is -0.910. The first-order valence-corrected chi connectivity index (χ1v) is 7.31. The summed E-state index contributed by atoms with van der Waals surface area (Å²) < 4.78 is 29.8. The second-order valence-electron chi connectivity index (χ2n) is 6.66. The minimum Gasteiger partial charge on any atom is -0.444 e. The van der Waals surface area contributed by atoms with Crippen LogP contribution in [0.15, 0.2) is 0 Å². The molecule has 0 spiro atoms. The Kier molecular flexibility index (Phi) is 4.52. The van der Waals surface area contributed by atoms with Crippen molar-refractivity contribution in [2.75, 3.05) is 6.54 Å². The predicted molar refractivity (Wildman–Crippen MR) is 71.9 cm³/mol. The molecule has 2 aliphatic heterocycles. The van der Waals surface area contributed by atoms with Crippen LogP contribution in [-0.4, -0.2) is 47.7 Å². The fraction of sp³-hybridized carbons (Fsp3) is 0.929. The minimum absolute atomic E-state index is 0.0903. The Morgan fingerprint density at radius 2 is 2.10 bits per heavy atom. The number of hydrogen-bond donors (Lipinski definition) is 1. The van der Waals surface area contributed by atoms with Crippen LogP contribution in [0.3, 0.4) is 0 Å². The molecule has 0 aromatic heterocycles. The first-order valence-electron chi connectivity index (χ1n) is 7.31. The summed E-state index contributed by atoms with van der Waals surface area (Å²) in [6.45, 7) is 5.84. The molecule has 0 radical (unpaired) electrons. The normalized spacial score (nSPS) is 29.3. The van der Waals surface area contributed by atoms with Gasteiger partial charge in [0.05, 0.1) is 6.04 Å². The molecule has 20 heavy (non-hydrogen) atoms. The lowest BCUT2D eigenvalue weighted by molar-refractivity contribution is 0.0209. The van der Waals surface area contributed by atoms with Gasteiger partial charge in [0.25, 0.3) is 0 Å². The highest BCUT2D eigenvalue weighted by Gasteiger charge is 2.49. The molecule has 0 aromatic rings. The van der Waals surface area contributed by atoms with Crippen molar-refractivity contribution in [3.63, 3.8) is 0 Å². The highest BCUT2D eigenvalue weighted by molar-refractivity contribution is 5.70. The van der Waals surface area contributed by atoms with Crippen molar-refractivity contribution in [3.05, 3.63) is 0 Å². The lowest BCUT2D eigenvalue weighted by Crippen LogP contribution is -2.45. The number of carbonyl (C=O) groups is 1. The van der Waals surface area contributed by atoms with Crippen LogP contribution in [0.25, 0.3) is 0 Å². The maximum atomic E-state index is 12.2. The van der Waals surface area contributed by atoms with Crippen molar-refractivity contribution in [1.82, 2.24) is 10.2 Å². The molecule has 3 atom stereocenters. The standard InChI is InChI=1S/C14H24F2N2O2/c1-14(2,3)20-13(19)18-9-4-5-11(18)10(8-9)17-7-6-12(15)16/h9-12,17H,4-8H2,1-3H3/t9-,10?,11+/m1/s1. The molecule has 0 saturated carbocycles. The first kappa shape index (κ1) is 15.5. The van der Waals surface area contributed by atoms with Gasteiger partial charge in [-0.15, -0.1) is 0 Å². The summed E-state index contributed by atoms with van der Waals surface area (Å²) >= 11 is 0. The maximum absolute atomic E-state index is 12.2. The van der Waals surface area contributed by atoms with Gasteiger partial charge in [-0.1, -0.05) is 0 Å². The number of nitrogens with one attached hydrogen (secondary N) is 1. The number of carbonyl (C=O) groups excluding carboxylic acids is 1. The van der Waals surface area contributed by atoms with Crippen LogP contribution in [0.2, 0.25) is 0 Å². The zero-order valence-corrected chi connectivity index (χ0v) is 12.4. The number of fused-ring (bicyclic) bond motifs is 2. The average Bonchev–Trinajstić information content (AvgIpc) is 2.83. The molecule has 2 rings (SSSR count). The van der Waals surface area contributed by atoms with Crippen LogP contribution in [0.5, 0.6) is 0 Å². The molecule has 2 fully saturated rings. The molecule has 116 valence electrons. The van der Waals surface area contributed by atoms with E-state index in [2.05, 4.69) is 5.32 Å². The van der Waals surface area contributed by atoms with Crippen molar-refractivity contribution in [3.8, 4) is 0 Å². The number of rotatable bonds is 4. The third kappa shape index (κ3) is 3.59. The third-order valence-electron chi connectivity index (χ3n) is 3.91. The SMILES string of the molecule is CC(C)(C)OC(=O)N1[C@@H]2CC[C@H]1C(NCCC(F)F)C2. The van der Waals surface area contributed by atoms with Crippen LogP contribution < -0.4 is 5.32 Å². The molecule has 2 heterocycles. The second-order valence-corrected chi connectivity index (χ2v) is 6.66. The molecule has 0 aromatic carbocycles. The summed E-state index contributed by atoms with van der Waals surface area (Å²) in [6, 6.07) is 0.409. The number of alkyl halides is 2. The highest BCUT2D eigenvalue weighted by atomic mass is 19.3. The molecule has 2 saturated heterocycles. The molecular weight excluding hydrogens is 266 g/mol. The summed E-state index contributed by atoms with van der Waals surface area (Å²) in [5.41, 5.74) is -0.502. The van der Waals surface area contributed by atoms with Crippen LogP contribution in [0, 0.1) is 0 Å². The van der Waals surface area contributed by atoms with Gasteiger partial charge in [0.2, 0.25) is 6.43 Å². The van der Waals surface area contributed by atoms with Crippen molar-refractivity contribution in [2.24, 2.45) is 0 Å². The molecule has 2 aliphatic rings. The lowest BCUT2D eigenvalue weighted by Gasteiger charge is -2.28. The number of halogens is 2. The molecule has 0 aliphatic carbocycles. The Morgan fingerprint density at radius 1 is 1.40 bits per heavy atom. The van der Waals surface area contributed by atoms with Crippen LogP contribution >= 0.6 is 0 Å². The zero-order valence-electron chi connectivity index (χ0n) is 12.4. The number of amides is 1. The second kappa shape index (κ2) is 5.84. The fourth-order valence-corrected chi connectivity index (χ4v) is 3.19. The van der Waals surface area contributed by atoms with Crippen molar-refractivity contribution < 1.29 is 18.3 Å². The van der Waals surface area contributed by atoms with Gasteiger partial charge in [-0.25, -0.2) is 13.6 Å². The molecule has 1 unspecified atom stereocenters. The van der Waals surface area contributed by atoms with Gasteiger partial charge in [0.1, 0.15) is 5.60 Å². The summed E-state index contributed by atoms with van der Waals surface area (Å²) in [7, 11) is 0. The van der Waals surface area contributed by atoms with Gasteiger partial charge >= 0.3 is 6.09 Å². The van der Waals surface area contributed by atoms with E-state index < -0.39 is 12.0 Å². The molecule has 1 amide bonds. The van der Waals surface area contributed by atoms with E-state index in [0.29, 0.717) is 6.54 Å². The Bertz CT molecular complexity index is 358. The zero-order chi connectivity index (χ0) is 14.9. The van der Waals surface area contributed by atoms with Crippen molar-refractivity contribution >= 4 is 6.09 Å². The summed E-state index contributed by atoms with van der Waals surface area (Å²) in [5, 5.41) is 3.16. The van der Waals surface area contributed by atoms with Crippen molar-refractivity contribution in [1.29, 1.82) is 0 Å². The van der Waals surface area contributed by atoms with Crippen LogP contribution in [0.1, 0.15) is 46.5 Å². The Balaban J connectivity index is 1.88. The molecule has 2 bridgehead atoms. The topological polar surface area (TPSA) is 41.6 Å². The van der Waals surface area contributed by atoms with E-state index >= 15 is 0 Å². The Labute approximate surface area is 118 Å². The number of ether oxygens (including phenoxy) is 1. The minimum atomic E-state index is -2.27. The van der Waals surface area contributed by atoms with E-state index in [1.165, 1.54) is 0 Å². The first-order chi connectivity index (χ1) is 9.28. The number of nitrogens with zero attached hydrogens (tertiary/aromatic N) is 1. The van der Waals surface area contributed by atoms with E-state index in [1.807, 2.05) is 25.7 Å². The van der Waals surface area contributed by atoms with E-state index in [1.54, 1.807) is 0 Å². The van der Waals surface area contributed by atoms with Crippen molar-refractivity contribution in [2.45, 2.75) is 76.6 Å². The van der Waals surface area contributed by atoms with Gasteiger partial charge in [-0.2, -0.15) is 0 Å². The van der Waals surface area contributed by atoms with E-state index in [9.17, 15) is 13.6 Å². The average molecular weight is 290 g/mol. The summed E-state index contributed by atoms with van der Waals surface area (Å²) in [4.78, 5) is 14.0. The van der Waals surface area contributed by atoms with E-state index in [0.717, 1.165) is 19.3 Å². The summed E-state index contributed by atoms with van der Waals surface area (Å²) in [6.07, 6.45) is 0.0620. The molecule has 6 heteroatoms. The predicted octanol–water partition coefficient (Wildman–Crippen LogP) is 2.77. The van der Waals surface area contributed by atoms with Gasteiger partial charge < -0.3 is 15.0 Å². The molecule has 1 N–H and O–H groups in total. The highest BCUT2D eigenvalue weighted by Crippen LogP contribution is 2.38. The monoisotopic (exact) mass is 290 g/mol. The lowest BCUT2D eigenvalue weighted by atomic mass is 9.95. The Morgan fingerprint density at radius 3 is 2.70 bits per heavy atom. The quantitative estimate of drug-likeness (QED) is 0.865. The smallest absolute Gasteiger partial charge is 0.410 e. The third-order valence-corrected chi connectivity index (χ3v) is 3.91. The van der Waals surface area contributed by atoms with Gasteiger partial charge in [0, 0.05) is 25.0 Å².